The zero-order chi connectivity index (χ0) is 43.9. The number of halogens is 1. The summed E-state index contributed by atoms with van der Waals surface area (Å²) in [5, 5.41) is 14.5. The topological polar surface area (TPSA) is 178 Å². The van der Waals surface area contributed by atoms with Crippen molar-refractivity contribution in [3.63, 3.8) is 0 Å². The van der Waals surface area contributed by atoms with E-state index in [1.807, 2.05) is 38.7 Å². The lowest BCUT2D eigenvalue weighted by atomic mass is 9.95. The number of hydrogen-bond acceptors (Lipinski definition) is 10. The molecule has 2 saturated heterocycles. The predicted molar refractivity (Wildman–Crippen MR) is 236 cm³/mol. The Kier molecular flexibility index (Phi) is 18.0. The number of rotatable bonds is 12. The number of likely N-dealkylation sites (tertiary alicyclic amines) is 1. The number of nitrogens with one attached hydrogen (secondary N) is 2. The molecule has 1 unspecified atom stereocenters. The standard InChI is InChI=1S/C36H51FN8O4.C8H10O.C2H6/c1-3-4-10-30(34(47)40-2)45-35(48)26-21-28(37)31(22-27(26)36(45)49)43-19-17-42(18-20-43)23-24-13-15-44(16-14-24)32(39)12-11-29(38)33(46)41-25-8-6-5-7-9-25;1-6-3-4-8(9)5-7(6)2;1-2/h3,11-12,21-22,24-25,30H,1,4-10,13-20,23,38-39H2,2H3,(H,40,47)(H,41,46);3-5,9H,1-2H3;1-2H3/b29-11-,32-12+;;. The smallest absolute Gasteiger partial charge is 0.267 e. The van der Waals surface area contributed by atoms with Crippen LogP contribution in [-0.2, 0) is 9.59 Å². The second kappa shape index (κ2) is 22.8. The van der Waals surface area contributed by atoms with Crippen LogP contribution in [0.1, 0.15) is 103 Å². The molecule has 4 amide bonds. The summed E-state index contributed by atoms with van der Waals surface area (Å²) in [7, 11) is 1.45. The van der Waals surface area contributed by atoms with E-state index in [1.54, 1.807) is 30.4 Å². The van der Waals surface area contributed by atoms with Crippen molar-refractivity contribution in [2.24, 2.45) is 17.4 Å². The Morgan fingerprint density at radius 1 is 0.900 bits per heavy atom. The second-order valence-corrected chi connectivity index (χ2v) is 15.8. The third-order valence-corrected chi connectivity index (χ3v) is 11.8. The number of piperidine rings is 1. The number of aromatic hydroxyl groups is 1. The van der Waals surface area contributed by atoms with Gasteiger partial charge in [0.2, 0.25) is 5.91 Å². The lowest BCUT2D eigenvalue weighted by Gasteiger charge is -2.40. The van der Waals surface area contributed by atoms with E-state index in [9.17, 15) is 19.2 Å². The van der Waals surface area contributed by atoms with E-state index in [-0.39, 0.29) is 35.2 Å². The molecule has 3 fully saturated rings. The number of imide groups is 1. The highest BCUT2D eigenvalue weighted by Crippen LogP contribution is 2.33. The van der Waals surface area contributed by atoms with Crippen LogP contribution in [-0.4, -0.2) is 108 Å². The average molecular weight is 831 g/mol. The molecule has 3 aliphatic heterocycles. The number of amides is 4. The van der Waals surface area contributed by atoms with Gasteiger partial charge in [0.1, 0.15) is 17.6 Å². The molecule has 1 saturated carbocycles. The highest BCUT2D eigenvalue weighted by Gasteiger charge is 2.43. The average Bonchev–Trinajstić information content (AvgIpc) is 3.49. The summed E-state index contributed by atoms with van der Waals surface area (Å²) in [6.07, 6.45) is 13.1. The molecule has 0 radical (unpaired) electrons. The van der Waals surface area contributed by atoms with Gasteiger partial charge in [0.25, 0.3) is 17.7 Å². The van der Waals surface area contributed by atoms with Gasteiger partial charge in [-0.05, 0) is 106 Å². The van der Waals surface area contributed by atoms with Crippen LogP contribution < -0.4 is 27.0 Å². The molecule has 0 aromatic heterocycles. The first kappa shape index (κ1) is 47.3. The Morgan fingerprint density at radius 3 is 2.12 bits per heavy atom. The van der Waals surface area contributed by atoms with Gasteiger partial charge in [-0.2, -0.15) is 0 Å². The Balaban J connectivity index is 0.000000631. The van der Waals surface area contributed by atoms with Gasteiger partial charge in [-0.25, -0.2) is 4.39 Å². The number of hydrogen-bond donors (Lipinski definition) is 5. The molecule has 6 rings (SSSR count). The van der Waals surface area contributed by atoms with Crippen molar-refractivity contribution >= 4 is 29.3 Å². The first-order valence-corrected chi connectivity index (χ1v) is 21.6. The summed E-state index contributed by atoms with van der Waals surface area (Å²) in [4.78, 5) is 59.0. The van der Waals surface area contributed by atoms with E-state index in [2.05, 4.69) is 27.0 Å². The minimum absolute atomic E-state index is 0.0149. The zero-order valence-corrected chi connectivity index (χ0v) is 36.3. The summed E-state index contributed by atoms with van der Waals surface area (Å²) < 4.78 is 15.4. The second-order valence-electron chi connectivity index (χ2n) is 15.8. The molecular weight excluding hydrogens is 764 g/mol. The normalized spacial score (nSPS) is 18.5. The van der Waals surface area contributed by atoms with Crippen LogP contribution in [0, 0.1) is 25.6 Å². The predicted octanol–water partition coefficient (Wildman–Crippen LogP) is 5.46. The number of likely N-dealkylation sites (N-methyl/N-ethyl adjacent to an activating group) is 1. The summed E-state index contributed by atoms with van der Waals surface area (Å²) in [5.41, 5.74) is 15.3. The number of aryl methyl sites for hydroxylation is 2. The number of carbonyl (C=O) groups excluding carboxylic acids is 4. The molecule has 2 aromatic rings. The maximum atomic E-state index is 15.4. The number of piperazine rings is 1. The first-order chi connectivity index (χ1) is 28.8. The third kappa shape index (κ3) is 12.3. The number of anilines is 1. The quantitative estimate of drug-likeness (QED) is 0.0799. The number of allylic oxidation sites excluding steroid dienone is 3. The zero-order valence-electron chi connectivity index (χ0n) is 36.3. The minimum Gasteiger partial charge on any atom is -0.508 e. The van der Waals surface area contributed by atoms with Gasteiger partial charge in [-0.1, -0.05) is 45.3 Å². The Bertz CT molecular complexity index is 1880. The molecular formula is C46H67FN8O5. The minimum atomic E-state index is -0.996. The summed E-state index contributed by atoms with van der Waals surface area (Å²) in [6.45, 7) is 16.9. The van der Waals surface area contributed by atoms with Crippen LogP contribution in [0.5, 0.6) is 5.75 Å². The van der Waals surface area contributed by atoms with Crippen molar-refractivity contribution in [1.29, 1.82) is 0 Å². The van der Waals surface area contributed by atoms with E-state index in [0.29, 0.717) is 42.7 Å². The van der Waals surface area contributed by atoms with Crippen LogP contribution in [0.2, 0.25) is 0 Å². The van der Waals surface area contributed by atoms with E-state index < -0.39 is 29.6 Å². The fraction of sp³-hybridized carbons (Fsp3) is 0.522. The van der Waals surface area contributed by atoms with Crippen molar-refractivity contribution in [3.8, 4) is 5.75 Å². The van der Waals surface area contributed by atoms with E-state index >= 15 is 4.39 Å². The lowest BCUT2D eigenvalue weighted by molar-refractivity contribution is -0.124. The van der Waals surface area contributed by atoms with Crippen molar-refractivity contribution in [2.75, 3.05) is 57.8 Å². The Labute approximate surface area is 355 Å². The number of benzene rings is 2. The van der Waals surface area contributed by atoms with E-state index in [0.717, 1.165) is 87.8 Å². The fourth-order valence-electron chi connectivity index (χ4n) is 8.12. The molecule has 0 spiro atoms. The molecule has 1 aliphatic carbocycles. The van der Waals surface area contributed by atoms with Crippen molar-refractivity contribution in [2.45, 2.75) is 97.6 Å². The fourth-order valence-corrected chi connectivity index (χ4v) is 8.12. The molecule has 13 nitrogen and oxygen atoms in total. The number of phenols is 1. The molecule has 60 heavy (non-hydrogen) atoms. The summed E-state index contributed by atoms with van der Waals surface area (Å²) in [6, 6.07) is 7.17. The number of fused-ring (bicyclic) bond motifs is 1. The van der Waals surface area contributed by atoms with Gasteiger partial charge in [0, 0.05) is 58.9 Å². The lowest BCUT2D eigenvalue weighted by Crippen LogP contribution is -2.49. The van der Waals surface area contributed by atoms with Crippen LogP contribution in [0.4, 0.5) is 10.1 Å². The summed E-state index contributed by atoms with van der Waals surface area (Å²) in [5.74, 6) is -1.05. The number of carbonyl (C=O) groups is 4. The van der Waals surface area contributed by atoms with Crippen LogP contribution in [0.15, 0.2) is 66.7 Å². The van der Waals surface area contributed by atoms with Crippen LogP contribution in [0.25, 0.3) is 0 Å². The monoisotopic (exact) mass is 831 g/mol. The molecule has 1 atom stereocenters. The maximum Gasteiger partial charge on any atom is 0.267 e. The van der Waals surface area contributed by atoms with Gasteiger partial charge >= 0.3 is 0 Å². The van der Waals surface area contributed by atoms with E-state index in [1.165, 1.54) is 25.1 Å². The molecule has 4 aliphatic rings. The number of phenolic OH excluding ortho intramolecular Hbond substituents is 1. The summed E-state index contributed by atoms with van der Waals surface area (Å²) >= 11 is 0. The first-order valence-electron chi connectivity index (χ1n) is 21.6. The molecule has 7 N–H and O–H groups in total. The van der Waals surface area contributed by atoms with Crippen LogP contribution in [0.3, 0.4) is 0 Å². The SMILES string of the molecule is C=CCCC(C(=O)NC)N1C(=O)c2cc(F)c(N3CCN(CC4CCN(/C(N)=C/C=C(\N)C(=O)NC5CCCCC5)CC4)CC3)cc2C1=O.CC.Cc1ccc(O)cc1C. The van der Waals surface area contributed by atoms with Crippen molar-refractivity contribution < 1.29 is 28.7 Å². The molecule has 14 heteroatoms. The van der Waals surface area contributed by atoms with Gasteiger partial charge in [0.15, 0.2) is 0 Å². The van der Waals surface area contributed by atoms with Gasteiger partial charge in [-0.15, -0.1) is 6.58 Å². The molecule has 2 aromatic carbocycles. The Hall–Kier alpha value is -5.37. The molecule has 328 valence electrons. The number of nitrogens with two attached hydrogens (primary N) is 2. The van der Waals surface area contributed by atoms with Crippen LogP contribution >= 0.6 is 0 Å². The van der Waals surface area contributed by atoms with Gasteiger partial charge in [0.05, 0.1) is 28.3 Å². The third-order valence-electron chi connectivity index (χ3n) is 11.8. The highest BCUT2D eigenvalue weighted by molar-refractivity contribution is 6.23. The Morgan fingerprint density at radius 2 is 1.53 bits per heavy atom. The molecule has 3 heterocycles. The van der Waals surface area contributed by atoms with E-state index in [4.69, 9.17) is 16.6 Å². The van der Waals surface area contributed by atoms with Gasteiger partial charge in [-0.3, -0.25) is 29.0 Å². The largest absolute Gasteiger partial charge is 0.508 e. The van der Waals surface area contributed by atoms with Gasteiger partial charge < -0.3 is 37.0 Å². The van der Waals surface area contributed by atoms with Crippen molar-refractivity contribution in [3.05, 3.63) is 94.7 Å². The molecule has 0 bridgehead atoms. The number of nitrogens with zero attached hydrogens (tertiary/aromatic N) is 4. The van der Waals surface area contributed by atoms with Crippen molar-refractivity contribution in [1.82, 2.24) is 25.3 Å². The highest BCUT2D eigenvalue weighted by atomic mass is 19.1. The maximum absolute atomic E-state index is 15.4.